The fourth-order valence-electron chi connectivity index (χ4n) is 3.58. The third-order valence-electron chi connectivity index (χ3n) is 5.16. The van der Waals surface area contributed by atoms with Crippen LogP contribution in [0.3, 0.4) is 0 Å². The molecule has 0 radical (unpaired) electrons. The van der Waals surface area contributed by atoms with Crippen molar-refractivity contribution in [1.82, 2.24) is 14.9 Å². The third kappa shape index (κ3) is 6.15. The van der Waals surface area contributed by atoms with Crippen LogP contribution in [0.5, 0.6) is 0 Å². The predicted molar refractivity (Wildman–Crippen MR) is 110 cm³/mol. The summed E-state index contributed by atoms with van der Waals surface area (Å²) in [5.74, 6) is 0.0547. The number of nitrogens with one attached hydrogen (secondary N) is 2. The molecule has 2 aliphatic rings. The van der Waals surface area contributed by atoms with Gasteiger partial charge < -0.3 is 15.4 Å². The van der Waals surface area contributed by atoms with E-state index in [1.807, 2.05) is 0 Å². The highest BCUT2D eigenvalue weighted by molar-refractivity contribution is 7.89. The summed E-state index contributed by atoms with van der Waals surface area (Å²) >= 11 is 0. The predicted octanol–water partition coefficient (Wildman–Crippen LogP) is 1.32. The van der Waals surface area contributed by atoms with Gasteiger partial charge in [0.2, 0.25) is 15.9 Å². The Bertz CT molecular complexity index is 736. The van der Waals surface area contributed by atoms with Gasteiger partial charge in [-0.3, -0.25) is 4.79 Å². The number of hydrogen-bond donors (Lipinski definition) is 2. The summed E-state index contributed by atoms with van der Waals surface area (Å²) < 4.78 is 31.9. The molecule has 2 N–H and O–H groups in total. The maximum Gasteiger partial charge on any atom is 0.243 e. The van der Waals surface area contributed by atoms with Crippen LogP contribution in [0.25, 0.3) is 0 Å². The number of nitrogens with zero attached hydrogens (tertiary/aromatic N) is 1. The van der Waals surface area contributed by atoms with Crippen molar-refractivity contribution in [1.29, 1.82) is 0 Å². The minimum atomic E-state index is -3.47. The number of sulfonamides is 1. The average molecular weight is 432 g/mol. The quantitative estimate of drug-likeness (QED) is 0.709. The highest BCUT2D eigenvalue weighted by Crippen LogP contribution is 2.18. The van der Waals surface area contributed by atoms with Crippen LogP contribution in [0.15, 0.2) is 29.2 Å². The molecule has 2 unspecified atom stereocenters. The Balaban J connectivity index is 0.00000280. The van der Waals surface area contributed by atoms with Gasteiger partial charge in [-0.25, -0.2) is 8.42 Å². The van der Waals surface area contributed by atoms with E-state index in [9.17, 15) is 13.2 Å². The normalized spacial score (nSPS) is 23.6. The lowest BCUT2D eigenvalue weighted by Crippen LogP contribution is -2.46. The molecule has 0 saturated carbocycles. The number of morpholine rings is 1. The molecule has 2 atom stereocenters. The number of aryl methyl sites for hydroxylation is 1. The lowest BCUT2D eigenvalue weighted by molar-refractivity contribution is -0.122. The Kier molecular flexibility index (Phi) is 8.70. The van der Waals surface area contributed by atoms with Crippen LogP contribution < -0.4 is 10.6 Å². The van der Waals surface area contributed by atoms with Gasteiger partial charge >= 0.3 is 0 Å². The molecule has 158 valence electrons. The number of ether oxygens (including phenoxy) is 1. The number of carbonyl (C=O) groups excluding carboxylic acids is 1. The summed E-state index contributed by atoms with van der Waals surface area (Å²) in [5.41, 5.74) is 0.963. The van der Waals surface area contributed by atoms with E-state index in [-0.39, 0.29) is 24.4 Å². The zero-order valence-electron chi connectivity index (χ0n) is 16.2. The number of carbonyl (C=O) groups is 1. The molecular weight excluding hydrogens is 402 g/mol. The lowest BCUT2D eigenvalue weighted by Gasteiger charge is -2.28. The Hall–Kier alpha value is -1.19. The van der Waals surface area contributed by atoms with Gasteiger partial charge in [-0.1, -0.05) is 12.1 Å². The van der Waals surface area contributed by atoms with Crippen molar-refractivity contribution in [2.75, 3.05) is 32.8 Å². The van der Waals surface area contributed by atoms with E-state index in [2.05, 4.69) is 17.6 Å². The van der Waals surface area contributed by atoms with Crippen molar-refractivity contribution in [2.45, 2.75) is 49.6 Å². The molecule has 3 rings (SSSR count). The van der Waals surface area contributed by atoms with E-state index in [0.29, 0.717) is 50.1 Å². The third-order valence-corrected chi connectivity index (χ3v) is 7.07. The molecule has 0 bridgehead atoms. The topological polar surface area (TPSA) is 87.7 Å². The van der Waals surface area contributed by atoms with Gasteiger partial charge in [-0.2, -0.15) is 4.31 Å². The SMILES string of the molecule is CC1CC(NC(=O)CCc2ccc(S(=O)(=O)N3CCOCC3)cc2)CCN1.Cl. The number of halogens is 1. The standard InChI is InChI=1S/C19H29N3O4S.ClH/c1-15-14-17(8-9-20-15)21-19(23)7-4-16-2-5-18(6-3-16)27(24,25)22-10-12-26-13-11-22;/h2-3,5-6,15,17,20H,4,7-14H2,1H3,(H,21,23);1H. The largest absolute Gasteiger partial charge is 0.379 e. The zero-order valence-corrected chi connectivity index (χ0v) is 17.9. The molecule has 2 aliphatic heterocycles. The Morgan fingerprint density at radius 1 is 1.25 bits per heavy atom. The first-order valence-corrected chi connectivity index (χ1v) is 11.1. The first-order chi connectivity index (χ1) is 12.9. The van der Waals surface area contributed by atoms with Crippen LogP contribution in [-0.2, 0) is 26.0 Å². The summed E-state index contributed by atoms with van der Waals surface area (Å²) in [5, 5.41) is 6.48. The van der Waals surface area contributed by atoms with Gasteiger partial charge in [-0.05, 0) is 50.4 Å². The fraction of sp³-hybridized carbons (Fsp3) is 0.632. The summed E-state index contributed by atoms with van der Waals surface area (Å²) in [6.07, 6.45) is 2.93. The minimum absolute atomic E-state index is 0. The van der Waals surface area contributed by atoms with Gasteiger partial charge in [0.15, 0.2) is 0 Å². The number of rotatable bonds is 6. The second-order valence-electron chi connectivity index (χ2n) is 7.30. The van der Waals surface area contributed by atoms with Gasteiger partial charge in [0.25, 0.3) is 0 Å². The molecule has 2 heterocycles. The van der Waals surface area contributed by atoms with Crippen LogP contribution >= 0.6 is 12.4 Å². The highest BCUT2D eigenvalue weighted by atomic mass is 35.5. The van der Waals surface area contributed by atoms with Gasteiger partial charge in [0, 0.05) is 31.6 Å². The van der Waals surface area contributed by atoms with E-state index in [1.165, 1.54) is 4.31 Å². The molecule has 0 spiro atoms. The maximum absolute atomic E-state index is 12.6. The van der Waals surface area contributed by atoms with Crippen molar-refractivity contribution >= 4 is 28.3 Å². The molecule has 2 saturated heterocycles. The first-order valence-electron chi connectivity index (χ1n) is 9.65. The van der Waals surface area contributed by atoms with E-state index in [0.717, 1.165) is 24.9 Å². The number of benzene rings is 1. The van der Waals surface area contributed by atoms with E-state index in [4.69, 9.17) is 4.74 Å². The van der Waals surface area contributed by atoms with Crippen molar-refractivity contribution in [2.24, 2.45) is 0 Å². The number of hydrogen-bond acceptors (Lipinski definition) is 5. The Labute approximate surface area is 173 Å². The summed E-state index contributed by atoms with van der Waals surface area (Å²) in [4.78, 5) is 12.5. The zero-order chi connectivity index (χ0) is 19.3. The van der Waals surface area contributed by atoms with Crippen LogP contribution in [-0.4, -0.2) is 63.6 Å². The van der Waals surface area contributed by atoms with Crippen molar-refractivity contribution in [3.05, 3.63) is 29.8 Å². The van der Waals surface area contributed by atoms with Gasteiger partial charge in [0.1, 0.15) is 0 Å². The molecule has 1 aromatic carbocycles. The molecular formula is C19H30ClN3O4S. The second-order valence-corrected chi connectivity index (χ2v) is 9.24. The lowest BCUT2D eigenvalue weighted by atomic mass is 10.0. The smallest absolute Gasteiger partial charge is 0.243 e. The Morgan fingerprint density at radius 3 is 2.57 bits per heavy atom. The maximum atomic E-state index is 12.6. The minimum Gasteiger partial charge on any atom is -0.379 e. The van der Waals surface area contributed by atoms with Gasteiger partial charge in [-0.15, -0.1) is 12.4 Å². The van der Waals surface area contributed by atoms with Crippen LogP contribution in [0.4, 0.5) is 0 Å². The molecule has 1 amide bonds. The molecule has 9 heteroatoms. The van der Waals surface area contributed by atoms with Crippen molar-refractivity contribution < 1.29 is 17.9 Å². The van der Waals surface area contributed by atoms with Crippen molar-refractivity contribution in [3.63, 3.8) is 0 Å². The van der Waals surface area contributed by atoms with Gasteiger partial charge in [0.05, 0.1) is 18.1 Å². The van der Waals surface area contributed by atoms with Crippen LogP contribution in [0.1, 0.15) is 31.7 Å². The van der Waals surface area contributed by atoms with E-state index >= 15 is 0 Å². The first kappa shape index (κ1) is 23.1. The summed E-state index contributed by atoms with van der Waals surface area (Å²) in [6, 6.07) is 7.54. The highest BCUT2D eigenvalue weighted by Gasteiger charge is 2.26. The average Bonchev–Trinajstić information content (AvgIpc) is 2.67. The monoisotopic (exact) mass is 431 g/mol. The van der Waals surface area contributed by atoms with Crippen LogP contribution in [0, 0.1) is 0 Å². The summed E-state index contributed by atoms with van der Waals surface area (Å²) in [6.45, 7) is 4.71. The Morgan fingerprint density at radius 2 is 1.93 bits per heavy atom. The molecule has 1 aromatic rings. The van der Waals surface area contributed by atoms with E-state index in [1.54, 1.807) is 24.3 Å². The fourth-order valence-corrected chi connectivity index (χ4v) is 4.99. The molecule has 2 fully saturated rings. The molecule has 28 heavy (non-hydrogen) atoms. The van der Waals surface area contributed by atoms with E-state index < -0.39 is 10.0 Å². The molecule has 0 aliphatic carbocycles. The van der Waals surface area contributed by atoms with Crippen LogP contribution in [0.2, 0.25) is 0 Å². The molecule has 0 aromatic heterocycles. The summed E-state index contributed by atoms with van der Waals surface area (Å²) in [7, 11) is -3.47. The number of amides is 1. The van der Waals surface area contributed by atoms with Crippen molar-refractivity contribution in [3.8, 4) is 0 Å². The number of piperidine rings is 1. The molecule has 7 nitrogen and oxygen atoms in total. The second kappa shape index (κ2) is 10.5.